The fourth-order valence-corrected chi connectivity index (χ4v) is 4.07. The van der Waals surface area contributed by atoms with Gasteiger partial charge in [-0.1, -0.05) is 18.2 Å². The Hall–Kier alpha value is -3.72. The molecule has 2 aromatic carbocycles. The Labute approximate surface area is 180 Å². The van der Waals surface area contributed by atoms with Crippen LogP contribution in [0.1, 0.15) is 11.3 Å². The number of ether oxygens (including phenoxy) is 2. The number of hydrogen-bond acceptors (Lipinski definition) is 6. The fraction of sp³-hybridized carbons (Fsp3) is 0.136. The number of carbonyl (C=O) groups is 1. The molecule has 3 heterocycles. The Kier molecular flexibility index (Phi) is 5.09. The van der Waals surface area contributed by atoms with Crippen molar-refractivity contribution in [2.75, 3.05) is 13.3 Å². The number of carbonyl (C=O) groups excluding carboxylic acids is 1. The van der Waals surface area contributed by atoms with Crippen molar-refractivity contribution in [2.45, 2.75) is 6.42 Å². The lowest BCUT2D eigenvalue weighted by Gasteiger charge is -2.02. The fourth-order valence-electron chi connectivity index (χ4n) is 3.21. The molecule has 1 amide bonds. The van der Waals surface area contributed by atoms with Gasteiger partial charge in [0.05, 0.1) is 11.3 Å². The summed E-state index contributed by atoms with van der Waals surface area (Å²) in [7, 11) is 0. The highest BCUT2D eigenvalue weighted by Gasteiger charge is 2.14. The predicted molar refractivity (Wildman–Crippen MR) is 115 cm³/mol. The Morgan fingerprint density at radius 3 is 3.00 bits per heavy atom. The van der Waals surface area contributed by atoms with Crippen LogP contribution in [-0.4, -0.2) is 33.8 Å². The van der Waals surface area contributed by atoms with Gasteiger partial charge in [0.1, 0.15) is 5.82 Å². The van der Waals surface area contributed by atoms with Gasteiger partial charge in [0.2, 0.25) is 17.7 Å². The molecular formula is C22H17FN4O3S. The molecule has 1 aliphatic heterocycles. The minimum atomic E-state index is -0.358. The van der Waals surface area contributed by atoms with Gasteiger partial charge < -0.3 is 14.8 Å². The van der Waals surface area contributed by atoms with E-state index in [4.69, 9.17) is 9.47 Å². The Morgan fingerprint density at radius 2 is 2.10 bits per heavy atom. The van der Waals surface area contributed by atoms with Crippen LogP contribution in [0.2, 0.25) is 0 Å². The monoisotopic (exact) mass is 436 g/mol. The molecule has 2 aromatic heterocycles. The highest BCUT2D eigenvalue weighted by molar-refractivity contribution is 7.15. The average molecular weight is 436 g/mol. The molecule has 7 nitrogen and oxygen atoms in total. The van der Waals surface area contributed by atoms with Crippen LogP contribution in [0.3, 0.4) is 0 Å². The summed E-state index contributed by atoms with van der Waals surface area (Å²) >= 11 is 1.43. The number of fused-ring (bicyclic) bond motifs is 2. The van der Waals surface area contributed by atoms with E-state index in [1.807, 2.05) is 23.6 Å². The van der Waals surface area contributed by atoms with E-state index < -0.39 is 0 Å². The van der Waals surface area contributed by atoms with E-state index in [9.17, 15) is 9.18 Å². The van der Waals surface area contributed by atoms with Gasteiger partial charge in [0, 0.05) is 24.4 Å². The number of aromatic nitrogens is 3. The van der Waals surface area contributed by atoms with Crippen molar-refractivity contribution in [3.8, 4) is 22.9 Å². The average Bonchev–Trinajstić information content (AvgIpc) is 3.49. The molecule has 0 radical (unpaired) electrons. The summed E-state index contributed by atoms with van der Waals surface area (Å²) in [6.45, 7) is 0.650. The molecule has 0 spiro atoms. The second-order valence-corrected chi connectivity index (χ2v) is 7.66. The zero-order valence-corrected chi connectivity index (χ0v) is 17.1. The molecule has 0 aliphatic carbocycles. The maximum atomic E-state index is 14.0. The summed E-state index contributed by atoms with van der Waals surface area (Å²) < 4.78 is 26.3. The molecule has 4 aromatic rings. The van der Waals surface area contributed by atoms with Crippen molar-refractivity contribution in [1.29, 1.82) is 0 Å². The summed E-state index contributed by atoms with van der Waals surface area (Å²) in [5.74, 6) is 1.17. The minimum Gasteiger partial charge on any atom is -0.454 e. The van der Waals surface area contributed by atoms with E-state index in [2.05, 4.69) is 15.4 Å². The maximum Gasteiger partial charge on any atom is 0.244 e. The predicted octanol–water partition coefficient (Wildman–Crippen LogP) is 3.70. The molecule has 0 unspecified atom stereocenters. The van der Waals surface area contributed by atoms with Gasteiger partial charge in [0.15, 0.2) is 17.3 Å². The van der Waals surface area contributed by atoms with E-state index in [1.165, 1.54) is 23.5 Å². The number of nitrogens with one attached hydrogen (secondary N) is 1. The molecule has 0 saturated carbocycles. The summed E-state index contributed by atoms with van der Waals surface area (Å²) in [6.07, 6.45) is 3.77. The molecule has 0 fully saturated rings. The molecule has 1 N–H and O–H groups in total. The third kappa shape index (κ3) is 3.99. The quantitative estimate of drug-likeness (QED) is 0.467. The van der Waals surface area contributed by atoms with E-state index in [0.717, 1.165) is 11.3 Å². The standard InChI is InChI=1S/C22H17FN4O3S/c23-17-4-2-1-3-16(17)21-25-22-27(26-21)15(12-31-22)9-10-24-20(28)8-6-14-5-7-18-19(11-14)30-13-29-18/h1-8,11-12H,9-10,13H2,(H,24,28). The summed E-state index contributed by atoms with van der Waals surface area (Å²) in [6, 6.07) is 11.9. The van der Waals surface area contributed by atoms with E-state index in [1.54, 1.807) is 28.8 Å². The molecule has 0 saturated heterocycles. The molecular weight excluding hydrogens is 419 g/mol. The highest BCUT2D eigenvalue weighted by atomic mass is 32.1. The summed E-state index contributed by atoms with van der Waals surface area (Å²) in [4.78, 5) is 17.2. The number of benzene rings is 2. The first-order valence-electron chi connectivity index (χ1n) is 9.61. The van der Waals surface area contributed by atoms with E-state index in [0.29, 0.717) is 40.8 Å². The SMILES string of the molecule is O=C(C=Cc1ccc2c(c1)OCO2)NCCc1csc2nc(-c3ccccc3F)nn12. The van der Waals surface area contributed by atoms with Crippen LogP contribution < -0.4 is 14.8 Å². The van der Waals surface area contributed by atoms with Crippen LogP contribution in [-0.2, 0) is 11.2 Å². The van der Waals surface area contributed by atoms with Gasteiger partial charge in [-0.15, -0.1) is 16.4 Å². The number of thiazole rings is 1. The zero-order chi connectivity index (χ0) is 21.2. The van der Waals surface area contributed by atoms with Crippen molar-refractivity contribution in [2.24, 2.45) is 0 Å². The number of nitrogens with zero attached hydrogens (tertiary/aromatic N) is 3. The van der Waals surface area contributed by atoms with Gasteiger partial charge >= 0.3 is 0 Å². The topological polar surface area (TPSA) is 77.8 Å². The van der Waals surface area contributed by atoms with Gasteiger partial charge in [-0.25, -0.2) is 8.91 Å². The van der Waals surface area contributed by atoms with Crippen LogP contribution in [0.15, 0.2) is 53.9 Å². The van der Waals surface area contributed by atoms with Gasteiger partial charge in [-0.2, -0.15) is 4.98 Å². The largest absolute Gasteiger partial charge is 0.454 e. The molecule has 156 valence electrons. The van der Waals surface area contributed by atoms with Gasteiger partial charge in [-0.05, 0) is 35.9 Å². The van der Waals surface area contributed by atoms with Crippen molar-refractivity contribution in [3.05, 3.63) is 71.0 Å². The van der Waals surface area contributed by atoms with Crippen molar-refractivity contribution in [3.63, 3.8) is 0 Å². The Balaban J connectivity index is 1.20. The third-order valence-electron chi connectivity index (χ3n) is 4.77. The first-order valence-corrected chi connectivity index (χ1v) is 10.5. The first-order chi connectivity index (χ1) is 15.2. The summed E-state index contributed by atoms with van der Waals surface area (Å²) in [5, 5.41) is 9.23. The highest BCUT2D eigenvalue weighted by Crippen LogP contribution is 2.32. The second-order valence-electron chi connectivity index (χ2n) is 6.82. The lowest BCUT2D eigenvalue weighted by molar-refractivity contribution is -0.116. The van der Waals surface area contributed by atoms with Crippen LogP contribution >= 0.6 is 11.3 Å². The molecule has 0 atom stereocenters. The molecule has 0 bridgehead atoms. The van der Waals surface area contributed by atoms with Gasteiger partial charge in [0.25, 0.3) is 0 Å². The van der Waals surface area contributed by atoms with Crippen LogP contribution in [0.4, 0.5) is 4.39 Å². The van der Waals surface area contributed by atoms with E-state index >= 15 is 0 Å². The molecule has 9 heteroatoms. The van der Waals surface area contributed by atoms with Crippen LogP contribution in [0.25, 0.3) is 22.4 Å². The smallest absolute Gasteiger partial charge is 0.244 e. The number of rotatable bonds is 6. The second kappa shape index (κ2) is 8.19. The lowest BCUT2D eigenvalue weighted by atomic mass is 10.2. The number of halogens is 1. The Morgan fingerprint density at radius 1 is 1.23 bits per heavy atom. The van der Waals surface area contributed by atoms with Crippen molar-refractivity contribution in [1.82, 2.24) is 19.9 Å². The number of amides is 1. The maximum absolute atomic E-state index is 14.0. The Bertz CT molecular complexity index is 1300. The number of hydrogen-bond donors (Lipinski definition) is 1. The molecule has 1 aliphatic rings. The summed E-state index contributed by atoms with van der Waals surface area (Å²) in [5.41, 5.74) is 2.11. The normalized spacial score (nSPS) is 12.7. The molecule has 5 rings (SSSR count). The lowest BCUT2D eigenvalue weighted by Crippen LogP contribution is -2.23. The minimum absolute atomic E-state index is 0.199. The van der Waals surface area contributed by atoms with Crippen LogP contribution in [0, 0.1) is 5.82 Å². The van der Waals surface area contributed by atoms with Crippen molar-refractivity contribution >= 4 is 28.3 Å². The molecule has 31 heavy (non-hydrogen) atoms. The van der Waals surface area contributed by atoms with Crippen LogP contribution in [0.5, 0.6) is 11.5 Å². The van der Waals surface area contributed by atoms with Gasteiger partial charge in [-0.3, -0.25) is 4.79 Å². The zero-order valence-electron chi connectivity index (χ0n) is 16.2. The first kappa shape index (κ1) is 19.3. The van der Waals surface area contributed by atoms with Crippen molar-refractivity contribution < 1.29 is 18.7 Å². The van der Waals surface area contributed by atoms with E-state index in [-0.39, 0.29) is 18.5 Å². The third-order valence-corrected chi connectivity index (χ3v) is 5.63.